The van der Waals surface area contributed by atoms with Crippen LogP contribution in [0.5, 0.6) is 0 Å². The smallest absolute Gasteiger partial charge is 0.220 e. The molecule has 3 nitrogen and oxygen atoms in total. The fourth-order valence-electron chi connectivity index (χ4n) is 2.27. The van der Waals surface area contributed by atoms with Crippen molar-refractivity contribution in [3.8, 4) is 0 Å². The van der Waals surface area contributed by atoms with E-state index >= 15 is 0 Å². The second-order valence-electron chi connectivity index (χ2n) is 5.57. The maximum Gasteiger partial charge on any atom is 0.220 e. The number of aliphatic hydroxyl groups excluding tert-OH is 1. The zero-order chi connectivity index (χ0) is 14.8. The van der Waals surface area contributed by atoms with Gasteiger partial charge >= 0.3 is 0 Å². The Labute approximate surface area is 122 Å². The van der Waals surface area contributed by atoms with Crippen LogP contribution in [0.1, 0.15) is 57.9 Å². The summed E-state index contributed by atoms with van der Waals surface area (Å²) in [6.07, 6.45) is 6.19. The SMILES string of the molecule is CCCCCCCC(=O)NC(C)(CO)c1ccccc1. The van der Waals surface area contributed by atoms with Crippen LogP contribution in [0.4, 0.5) is 0 Å². The minimum Gasteiger partial charge on any atom is -0.394 e. The van der Waals surface area contributed by atoms with Crippen LogP contribution >= 0.6 is 0 Å². The summed E-state index contributed by atoms with van der Waals surface area (Å²) < 4.78 is 0. The lowest BCUT2D eigenvalue weighted by Crippen LogP contribution is -2.46. The van der Waals surface area contributed by atoms with Crippen molar-refractivity contribution in [3.63, 3.8) is 0 Å². The second kappa shape index (κ2) is 8.75. The standard InChI is InChI=1S/C17H27NO2/c1-3-4-5-6-10-13-16(20)18-17(2,14-19)15-11-8-7-9-12-15/h7-9,11-12,19H,3-6,10,13-14H2,1-2H3,(H,18,20). The van der Waals surface area contributed by atoms with Crippen molar-refractivity contribution < 1.29 is 9.90 Å². The zero-order valence-electron chi connectivity index (χ0n) is 12.7. The molecule has 0 aliphatic rings. The van der Waals surface area contributed by atoms with Gasteiger partial charge in [-0.15, -0.1) is 0 Å². The van der Waals surface area contributed by atoms with Gasteiger partial charge < -0.3 is 10.4 Å². The number of aliphatic hydroxyl groups is 1. The van der Waals surface area contributed by atoms with E-state index < -0.39 is 5.54 Å². The Kier molecular flexibility index (Phi) is 7.31. The molecule has 0 heterocycles. The average molecular weight is 277 g/mol. The van der Waals surface area contributed by atoms with Gasteiger partial charge in [0.05, 0.1) is 12.1 Å². The van der Waals surface area contributed by atoms with Crippen LogP contribution in [0, 0.1) is 0 Å². The number of hydrogen-bond acceptors (Lipinski definition) is 2. The summed E-state index contributed by atoms with van der Waals surface area (Å²) in [5.74, 6) is 0.0156. The highest BCUT2D eigenvalue weighted by Gasteiger charge is 2.27. The van der Waals surface area contributed by atoms with Crippen molar-refractivity contribution in [1.82, 2.24) is 5.32 Å². The van der Waals surface area contributed by atoms with E-state index in [1.165, 1.54) is 19.3 Å². The lowest BCUT2D eigenvalue weighted by atomic mass is 9.92. The van der Waals surface area contributed by atoms with Crippen molar-refractivity contribution in [3.05, 3.63) is 35.9 Å². The van der Waals surface area contributed by atoms with E-state index in [0.29, 0.717) is 6.42 Å². The monoisotopic (exact) mass is 277 g/mol. The minimum atomic E-state index is -0.693. The van der Waals surface area contributed by atoms with Crippen molar-refractivity contribution in [2.75, 3.05) is 6.61 Å². The summed E-state index contributed by atoms with van der Waals surface area (Å²) in [6.45, 7) is 3.94. The highest BCUT2D eigenvalue weighted by atomic mass is 16.3. The Bertz CT molecular complexity index is 391. The van der Waals surface area contributed by atoms with Crippen molar-refractivity contribution in [2.24, 2.45) is 0 Å². The quantitative estimate of drug-likeness (QED) is 0.680. The van der Waals surface area contributed by atoms with Gasteiger partial charge in [0, 0.05) is 6.42 Å². The van der Waals surface area contributed by atoms with Gasteiger partial charge in [-0.2, -0.15) is 0 Å². The van der Waals surface area contributed by atoms with E-state index in [9.17, 15) is 9.90 Å². The molecule has 0 saturated carbocycles. The summed E-state index contributed by atoms with van der Waals surface area (Å²) in [5, 5.41) is 12.6. The van der Waals surface area contributed by atoms with E-state index in [1.54, 1.807) is 0 Å². The number of hydrogen-bond donors (Lipinski definition) is 2. The van der Waals surface area contributed by atoms with Gasteiger partial charge in [-0.25, -0.2) is 0 Å². The Morgan fingerprint density at radius 2 is 1.80 bits per heavy atom. The van der Waals surface area contributed by atoms with Gasteiger partial charge in [-0.1, -0.05) is 62.9 Å². The molecule has 1 rings (SSSR count). The Morgan fingerprint density at radius 3 is 2.40 bits per heavy atom. The van der Waals surface area contributed by atoms with E-state index in [-0.39, 0.29) is 12.5 Å². The minimum absolute atomic E-state index is 0.0156. The molecule has 1 aromatic carbocycles. The molecule has 0 saturated heterocycles. The first-order valence-electron chi connectivity index (χ1n) is 7.60. The summed E-state index contributed by atoms with van der Waals surface area (Å²) in [7, 11) is 0. The molecule has 112 valence electrons. The van der Waals surface area contributed by atoms with Crippen LogP contribution in [0.15, 0.2) is 30.3 Å². The third kappa shape index (κ3) is 5.33. The van der Waals surface area contributed by atoms with Gasteiger partial charge in [0.25, 0.3) is 0 Å². The Hall–Kier alpha value is -1.35. The van der Waals surface area contributed by atoms with Gasteiger partial charge in [0.1, 0.15) is 0 Å². The molecule has 3 heteroatoms. The summed E-state index contributed by atoms with van der Waals surface area (Å²) in [4.78, 5) is 12.0. The Morgan fingerprint density at radius 1 is 1.15 bits per heavy atom. The van der Waals surface area contributed by atoms with Crippen LogP contribution in [0.2, 0.25) is 0 Å². The molecule has 1 unspecified atom stereocenters. The molecule has 2 N–H and O–H groups in total. The molecular formula is C17H27NO2. The summed E-state index contributed by atoms with van der Waals surface area (Å²) in [6, 6.07) is 9.62. The van der Waals surface area contributed by atoms with Gasteiger partial charge in [0.2, 0.25) is 5.91 Å². The van der Waals surface area contributed by atoms with E-state index in [2.05, 4.69) is 12.2 Å². The second-order valence-corrected chi connectivity index (χ2v) is 5.57. The van der Waals surface area contributed by atoms with Gasteiger partial charge in [0.15, 0.2) is 0 Å². The number of benzene rings is 1. The number of nitrogens with one attached hydrogen (secondary N) is 1. The summed E-state index contributed by atoms with van der Waals surface area (Å²) >= 11 is 0. The van der Waals surface area contributed by atoms with Crippen LogP contribution in [0.25, 0.3) is 0 Å². The lowest BCUT2D eigenvalue weighted by molar-refractivity contribution is -0.123. The number of rotatable bonds is 9. The van der Waals surface area contributed by atoms with Crippen LogP contribution in [-0.2, 0) is 10.3 Å². The molecule has 1 atom stereocenters. The first kappa shape index (κ1) is 16.7. The maximum atomic E-state index is 12.0. The van der Waals surface area contributed by atoms with Crippen LogP contribution < -0.4 is 5.32 Å². The van der Waals surface area contributed by atoms with Crippen LogP contribution in [0.3, 0.4) is 0 Å². The average Bonchev–Trinajstić information content (AvgIpc) is 2.48. The van der Waals surface area contributed by atoms with E-state index in [0.717, 1.165) is 18.4 Å². The van der Waals surface area contributed by atoms with Gasteiger partial charge in [-0.05, 0) is 18.9 Å². The van der Waals surface area contributed by atoms with Crippen molar-refractivity contribution in [2.45, 2.75) is 57.9 Å². The third-order valence-corrected chi connectivity index (χ3v) is 3.65. The molecule has 1 amide bonds. The van der Waals surface area contributed by atoms with Crippen LogP contribution in [-0.4, -0.2) is 17.6 Å². The lowest BCUT2D eigenvalue weighted by Gasteiger charge is -2.29. The molecule has 0 spiro atoms. The third-order valence-electron chi connectivity index (χ3n) is 3.65. The molecule has 1 aromatic rings. The largest absolute Gasteiger partial charge is 0.394 e. The predicted octanol–water partition coefficient (Wildman–Crippen LogP) is 3.37. The fraction of sp³-hybridized carbons (Fsp3) is 0.588. The summed E-state index contributed by atoms with van der Waals surface area (Å²) in [5.41, 5.74) is 0.240. The highest BCUT2D eigenvalue weighted by Crippen LogP contribution is 2.20. The van der Waals surface area contributed by atoms with Crippen molar-refractivity contribution >= 4 is 5.91 Å². The predicted molar refractivity (Wildman–Crippen MR) is 82.4 cm³/mol. The zero-order valence-corrected chi connectivity index (χ0v) is 12.7. The topological polar surface area (TPSA) is 49.3 Å². The molecule has 0 aliphatic heterocycles. The van der Waals surface area contributed by atoms with Crippen molar-refractivity contribution in [1.29, 1.82) is 0 Å². The normalized spacial score (nSPS) is 13.8. The first-order valence-corrected chi connectivity index (χ1v) is 7.60. The fourth-order valence-corrected chi connectivity index (χ4v) is 2.27. The maximum absolute atomic E-state index is 12.0. The number of unbranched alkanes of at least 4 members (excludes halogenated alkanes) is 4. The molecule has 0 radical (unpaired) electrons. The number of carbonyl (C=O) groups is 1. The molecule has 0 aliphatic carbocycles. The molecule has 0 aromatic heterocycles. The first-order chi connectivity index (χ1) is 9.62. The van der Waals surface area contributed by atoms with E-state index in [4.69, 9.17) is 0 Å². The molecule has 0 bridgehead atoms. The molecular weight excluding hydrogens is 250 g/mol. The number of carbonyl (C=O) groups excluding carboxylic acids is 1. The molecule has 0 fully saturated rings. The van der Waals surface area contributed by atoms with E-state index in [1.807, 2.05) is 37.3 Å². The molecule has 20 heavy (non-hydrogen) atoms. The number of amides is 1. The highest BCUT2D eigenvalue weighted by molar-refractivity contribution is 5.77. The Balaban J connectivity index is 2.45. The van der Waals surface area contributed by atoms with Gasteiger partial charge in [-0.3, -0.25) is 4.79 Å².